The number of hydrogen-bond acceptors (Lipinski definition) is 9. The molecule has 6 rings (SSSR count). The first kappa shape index (κ1) is 29.4. The van der Waals surface area contributed by atoms with Crippen molar-refractivity contribution in [2.45, 2.75) is 0 Å². The molecule has 0 fully saturated rings. The van der Waals surface area contributed by atoms with Gasteiger partial charge in [-0.25, -0.2) is 0 Å². The number of pyridine rings is 3. The number of carbonyl (C=O) groups excluding carboxylic acids is 3. The molecule has 0 aliphatic carbocycles. The van der Waals surface area contributed by atoms with Gasteiger partial charge in [-0.05, 0) is 18.2 Å². The van der Waals surface area contributed by atoms with Crippen LogP contribution in [0.2, 0.25) is 0 Å². The van der Waals surface area contributed by atoms with E-state index in [2.05, 4.69) is 15.0 Å². The first-order valence-corrected chi connectivity index (χ1v) is 11.5. The number of rotatable bonds is 3. The zero-order valence-electron chi connectivity index (χ0n) is 20.8. The van der Waals surface area contributed by atoms with Gasteiger partial charge in [0.25, 0.3) is 0 Å². The molecular weight excluding hydrogens is 525 g/mol. The second-order valence-electron chi connectivity index (χ2n) is 8.00. The average Bonchev–Trinajstić information content (AvgIpc) is 2.96. The van der Waals surface area contributed by atoms with Gasteiger partial charge in [0.1, 0.15) is 0 Å². The summed E-state index contributed by atoms with van der Waals surface area (Å²) >= 11 is 0. The second kappa shape index (κ2) is 13.6. The number of carboxylic acids is 3. The molecule has 0 atom stereocenters. The second-order valence-corrected chi connectivity index (χ2v) is 8.00. The Labute approximate surface area is 238 Å². The van der Waals surface area contributed by atoms with Crippen LogP contribution < -0.4 is 15.3 Å². The van der Waals surface area contributed by atoms with Gasteiger partial charge < -0.3 is 29.7 Å². The van der Waals surface area contributed by atoms with E-state index in [9.17, 15) is 29.7 Å². The third-order valence-corrected chi connectivity index (χ3v) is 5.56. The molecule has 0 aliphatic heterocycles. The normalized spacial score (nSPS) is 9.90. The molecular formula is C30H18AlN3O6. The summed E-state index contributed by atoms with van der Waals surface area (Å²) in [6.45, 7) is 0. The summed E-state index contributed by atoms with van der Waals surface area (Å²) in [7, 11) is 0. The Balaban J connectivity index is 0.000000163. The number of carbonyl (C=O) groups is 3. The van der Waals surface area contributed by atoms with E-state index in [1.807, 2.05) is 36.4 Å². The van der Waals surface area contributed by atoms with E-state index in [0.717, 1.165) is 16.2 Å². The summed E-state index contributed by atoms with van der Waals surface area (Å²) in [5.41, 5.74) is 1.84. The molecule has 3 heterocycles. The fraction of sp³-hybridized carbons (Fsp3) is 0. The summed E-state index contributed by atoms with van der Waals surface area (Å²) < 4.78 is 0. The fourth-order valence-electron chi connectivity index (χ4n) is 3.81. The predicted octanol–water partition coefficient (Wildman–Crippen LogP) is 1.41. The van der Waals surface area contributed by atoms with Crippen LogP contribution in [0.15, 0.2) is 110 Å². The van der Waals surface area contributed by atoms with E-state index >= 15 is 0 Å². The van der Waals surface area contributed by atoms with Crippen molar-refractivity contribution in [3.05, 3.63) is 126 Å². The van der Waals surface area contributed by atoms with Gasteiger partial charge in [0.15, 0.2) is 0 Å². The van der Waals surface area contributed by atoms with Gasteiger partial charge in [0, 0.05) is 51.4 Å². The van der Waals surface area contributed by atoms with Crippen LogP contribution in [0.3, 0.4) is 0 Å². The van der Waals surface area contributed by atoms with Crippen LogP contribution in [0.1, 0.15) is 31.1 Å². The van der Waals surface area contributed by atoms with Gasteiger partial charge >= 0.3 is 17.4 Å². The minimum atomic E-state index is -1.19. The standard InChI is InChI=1S/3C10H7NO2.Al/c3*12-10(13)8-5-1-3-7-4-2-6-11-9(7)8;/h3*1-6H,(H,12,13);/q;;;+3/p-3. The van der Waals surface area contributed by atoms with Crippen LogP contribution in [0, 0.1) is 0 Å². The van der Waals surface area contributed by atoms with E-state index in [1.54, 1.807) is 55.0 Å². The number of nitrogens with zero attached hydrogens (tertiary/aromatic N) is 3. The first-order chi connectivity index (χ1) is 18.9. The fourth-order valence-corrected chi connectivity index (χ4v) is 3.81. The van der Waals surface area contributed by atoms with Crippen molar-refractivity contribution in [3.63, 3.8) is 0 Å². The van der Waals surface area contributed by atoms with Crippen LogP contribution in [0.5, 0.6) is 0 Å². The van der Waals surface area contributed by atoms with Crippen LogP contribution in [0.4, 0.5) is 0 Å². The Hall–Kier alpha value is -5.17. The van der Waals surface area contributed by atoms with Crippen molar-refractivity contribution in [2.75, 3.05) is 0 Å². The van der Waals surface area contributed by atoms with Gasteiger partial charge in [0.2, 0.25) is 0 Å². The zero-order valence-corrected chi connectivity index (χ0v) is 21.9. The van der Waals surface area contributed by atoms with Gasteiger partial charge in [-0.1, -0.05) is 72.8 Å². The van der Waals surface area contributed by atoms with Gasteiger partial charge in [0.05, 0.1) is 34.5 Å². The van der Waals surface area contributed by atoms with E-state index < -0.39 is 17.9 Å². The molecule has 10 heteroatoms. The quantitative estimate of drug-likeness (QED) is 0.301. The van der Waals surface area contributed by atoms with E-state index in [-0.39, 0.29) is 34.1 Å². The number of hydrogen-bond donors (Lipinski definition) is 0. The van der Waals surface area contributed by atoms with Gasteiger partial charge in [-0.2, -0.15) is 0 Å². The van der Waals surface area contributed by atoms with Crippen molar-refractivity contribution in [1.29, 1.82) is 0 Å². The molecule has 9 nitrogen and oxygen atoms in total. The molecule has 0 N–H and O–H groups in total. The van der Waals surface area contributed by atoms with Gasteiger partial charge in [-0.3, -0.25) is 15.0 Å². The van der Waals surface area contributed by atoms with Crippen LogP contribution in [-0.2, 0) is 0 Å². The molecule has 0 saturated heterocycles. The zero-order chi connectivity index (χ0) is 27.8. The van der Waals surface area contributed by atoms with Crippen LogP contribution in [0.25, 0.3) is 32.7 Å². The molecule has 40 heavy (non-hydrogen) atoms. The molecule has 0 aliphatic rings. The number of para-hydroxylation sites is 3. The maximum Gasteiger partial charge on any atom is 3.00 e. The summed E-state index contributed by atoms with van der Waals surface area (Å²) in [4.78, 5) is 43.9. The molecule has 0 unspecified atom stereocenters. The Bertz CT molecular complexity index is 1600. The maximum atomic E-state index is 10.7. The minimum Gasteiger partial charge on any atom is -0.545 e. The Kier molecular flexibility index (Phi) is 9.97. The van der Waals surface area contributed by atoms with Crippen LogP contribution in [-0.4, -0.2) is 50.2 Å². The monoisotopic (exact) mass is 543 g/mol. The Morgan fingerprint density at radius 1 is 0.425 bits per heavy atom. The average molecular weight is 543 g/mol. The largest absolute Gasteiger partial charge is 3.00 e. The first-order valence-electron chi connectivity index (χ1n) is 11.5. The van der Waals surface area contributed by atoms with Crippen molar-refractivity contribution >= 4 is 68.0 Å². The van der Waals surface area contributed by atoms with Crippen molar-refractivity contribution in [3.8, 4) is 0 Å². The Morgan fingerprint density at radius 2 is 0.675 bits per heavy atom. The SMILES string of the molecule is O=C([O-])c1cccc2cccnc12.O=C([O-])c1cccc2cccnc12.O=C([O-])c1cccc2cccnc12.[Al+3]. The van der Waals surface area contributed by atoms with Crippen molar-refractivity contribution in [1.82, 2.24) is 15.0 Å². The molecule has 192 valence electrons. The van der Waals surface area contributed by atoms with Crippen molar-refractivity contribution in [2.24, 2.45) is 0 Å². The third-order valence-electron chi connectivity index (χ3n) is 5.56. The van der Waals surface area contributed by atoms with Gasteiger partial charge in [-0.15, -0.1) is 0 Å². The summed E-state index contributed by atoms with van der Waals surface area (Å²) in [6, 6.07) is 25.7. The predicted molar refractivity (Wildman–Crippen MR) is 144 cm³/mol. The number of aromatic nitrogens is 3. The number of benzene rings is 3. The maximum absolute atomic E-state index is 10.7. The molecule has 0 bridgehead atoms. The number of fused-ring (bicyclic) bond motifs is 3. The minimum absolute atomic E-state index is 0. The van der Waals surface area contributed by atoms with Crippen molar-refractivity contribution < 1.29 is 29.7 Å². The summed E-state index contributed by atoms with van der Waals surface area (Å²) in [6.07, 6.45) is 4.69. The molecule has 3 aromatic carbocycles. The molecule has 6 aromatic rings. The third kappa shape index (κ3) is 6.82. The summed E-state index contributed by atoms with van der Waals surface area (Å²) in [5, 5.41) is 34.4. The molecule has 3 aromatic heterocycles. The Morgan fingerprint density at radius 3 is 0.925 bits per heavy atom. The molecule has 0 spiro atoms. The number of aromatic carboxylic acids is 3. The smallest absolute Gasteiger partial charge is 0.545 e. The van der Waals surface area contributed by atoms with E-state index in [1.165, 1.54) is 18.2 Å². The summed E-state index contributed by atoms with van der Waals surface area (Å²) in [5.74, 6) is -3.57. The topological polar surface area (TPSA) is 159 Å². The van der Waals surface area contributed by atoms with E-state index in [4.69, 9.17) is 0 Å². The number of carboxylic acid groups (broad SMARTS) is 3. The molecule has 0 radical (unpaired) electrons. The van der Waals surface area contributed by atoms with Crippen LogP contribution >= 0.6 is 0 Å². The van der Waals surface area contributed by atoms with E-state index in [0.29, 0.717) is 16.6 Å². The molecule has 0 saturated carbocycles. The molecule has 0 amide bonds.